The zero-order valence-corrected chi connectivity index (χ0v) is 17.9. The van der Waals surface area contributed by atoms with Gasteiger partial charge in [-0.05, 0) is 38.2 Å². The van der Waals surface area contributed by atoms with Gasteiger partial charge in [-0.25, -0.2) is 9.78 Å². The summed E-state index contributed by atoms with van der Waals surface area (Å²) in [5.74, 6) is 0.475. The van der Waals surface area contributed by atoms with Gasteiger partial charge in [-0.2, -0.15) is 0 Å². The van der Waals surface area contributed by atoms with Gasteiger partial charge in [0.25, 0.3) is 0 Å². The van der Waals surface area contributed by atoms with Crippen LogP contribution in [0.5, 0.6) is 5.75 Å². The Morgan fingerprint density at radius 3 is 2.55 bits per heavy atom. The maximum atomic E-state index is 12.5. The lowest BCUT2D eigenvalue weighted by Crippen LogP contribution is -2.44. The molecular weight excluding hydrogens is 388 g/mol. The molecule has 1 fully saturated rings. The van der Waals surface area contributed by atoms with E-state index in [1.807, 2.05) is 41.0 Å². The van der Waals surface area contributed by atoms with E-state index in [9.17, 15) is 4.79 Å². The van der Waals surface area contributed by atoms with Crippen LogP contribution >= 0.6 is 11.3 Å². The Morgan fingerprint density at radius 2 is 1.90 bits per heavy atom. The summed E-state index contributed by atoms with van der Waals surface area (Å²) in [6.45, 7) is 7.03. The van der Waals surface area contributed by atoms with Gasteiger partial charge in [-0.3, -0.25) is 9.30 Å². The van der Waals surface area contributed by atoms with Crippen LogP contribution in [0.25, 0.3) is 16.2 Å². The van der Waals surface area contributed by atoms with Crippen molar-refractivity contribution in [3.8, 4) is 17.0 Å². The van der Waals surface area contributed by atoms with Crippen molar-refractivity contribution in [2.45, 2.75) is 13.5 Å². The normalized spacial score (nSPS) is 15.7. The first kappa shape index (κ1) is 19.9. The number of aromatic nitrogens is 2. The van der Waals surface area contributed by atoms with E-state index in [0.717, 1.165) is 60.4 Å². The molecule has 2 aromatic heterocycles. The first-order chi connectivity index (χ1) is 14.1. The smallest absolute Gasteiger partial charge is 0.356 e. The molecule has 1 saturated heterocycles. The SMILES string of the molecule is CCOC(=O)c1csc2nc(CN3CCN(C)CC3)c(-c3ccc(OC)cc3)n12. The summed E-state index contributed by atoms with van der Waals surface area (Å²) in [5.41, 5.74) is 3.46. The van der Waals surface area contributed by atoms with Crippen LogP contribution in [0.15, 0.2) is 29.6 Å². The van der Waals surface area contributed by atoms with Crippen LogP contribution in [0.4, 0.5) is 0 Å². The summed E-state index contributed by atoms with van der Waals surface area (Å²) in [7, 11) is 3.81. The summed E-state index contributed by atoms with van der Waals surface area (Å²) in [6, 6.07) is 7.90. The number of imidazole rings is 1. The molecule has 0 atom stereocenters. The fourth-order valence-electron chi connectivity index (χ4n) is 3.62. The Morgan fingerprint density at radius 1 is 1.17 bits per heavy atom. The minimum atomic E-state index is -0.322. The van der Waals surface area contributed by atoms with Crippen LogP contribution in [-0.2, 0) is 11.3 Å². The lowest BCUT2D eigenvalue weighted by molar-refractivity contribution is 0.0518. The van der Waals surface area contributed by atoms with Crippen LogP contribution in [0.2, 0.25) is 0 Å². The summed E-state index contributed by atoms with van der Waals surface area (Å²) in [5, 5.41) is 1.83. The van der Waals surface area contributed by atoms with Gasteiger partial charge in [0.15, 0.2) is 4.96 Å². The summed E-state index contributed by atoms with van der Waals surface area (Å²) in [4.78, 5) is 23.0. The van der Waals surface area contributed by atoms with Gasteiger partial charge in [0.2, 0.25) is 0 Å². The molecule has 3 aromatic rings. The highest BCUT2D eigenvalue weighted by Crippen LogP contribution is 2.32. The van der Waals surface area contributed by atoms with E-state index in [1.165, 1.54) is 11.3 Å². The topological polar surface area (TPSA) is 59.3 Å². The summed E-state index contributed by atoms with van der Waals surface area (Å²) >= 11 is 1.47. The number of rotatable bonds is 6. The van der Waals surface area contributed by atoms with Crippen LogP contribution in [0, 0.1) is 0 Å². The molecule has 4 rings (SSSR count). The predicted molar refractivity (Wildman–Crippen MR) is 114 cm³/mol. The highest BCUT2D eigenvalue weighted by Gasteiger charge is 2.24. The number of hydrogen-bond donors (Lipinski definition) is 0. The predicted octanol–water partition coefficient (Wildman–Crippen LogP) is 3.00. The van der Waals surface area contributed by atoms with Crippen molar-refractivity contribution >= 4 is 22.3 Å². The number of thiazole rings is 1. The molecule has 1 aromatic carbocycles. The fraction of sp³-hybridized carbons (Fsp3) is 0.429. The number of ether oxygens (including phenoxy) is 2. The Balaban J connectivity index is 1.78. The largest absolute Gasteiger partial charge is 0.497 e. The Bertz CT molecular complexity index is 987. The molecule has 0 aliphatic carbocycles. The van der Waals surface area contributed by atoms with Crippen molar-refractivity contribution in [2.24, 2.45) is 0 Å². The lowest BCUT2D eigenvalue weighted by Gasteiger charge is -2.32. The average Bonchev–Trinajstić information content (AvgIpc) is 3.29. The molecule has 0 unspecified atom stereocenters. The molecule has 0 amide bonds. The van der Waals surface area contributed by atoms with Gasteiger partial charge in [-0.15, -0.1) is 11.3 Å². The number of piperazine rings is 1. The van der Waals surface area contributed by atoms with E-state index in [4.69, 9.17) is 14.5 Å². The molecule has 1 aliphatic rings. The van der Waals surface area contributed by atoms with Crippen molar-refractivity contribution in [1.29, 1.82) is 0 Å². The molecule has 0 saturated carbocycles. The van der Waals surface area contributed by atoms with Crippen LogP contribution < -0.4 is 4.74 Å². The first-order valence-corrected chi connectivity index (χ1v) is 10.7. The molecule has 8 heteroatoms. The third-order valence-electron chi connectivity index (χ3n) is 5.25. The third-order valence-corrected chi connectivity index (χ3v) is 6.08. The van der Waals surface area contributed by atoms with Crippen molar-refractivity contribution in [2.75, 3.05) is 46.9 Å². The van der Waals surface area contributed by atoms with Gasteiger partial charge in [-0.1, -0.05) is 0 Å². The number of benzene rings is 1. The molecular formula is C21H26N4O3S. The number of fused-ring (bicyclic) bond motifs is 1. The quantitative estimate of drug-likeness (QED) is 0.578. The second-order valence-electron chi connectivity index (χ2n) is 7.17. The molecule has 7 nitrogen and oxygen atoms in total. The molecule has 3 heterocycles. The maximum Gasteiger partial charge on any atom is 0.356 e. The second kappa shape index (κ2) is 8.52. The minimum absolute atomic E-state index is 0.322. The number of carbonyl (C=O) groups excluding carboxylic acids is 1. The van der Waals surface area contributed by atoms with E-state index in [0.29, 0.717) is 12.3 Å². The lowest BCUT2D eigenvalue weighted by atomic mass is 10.1. The Hall–Kier alpha value is -2.42. The van der Waals surface area contributed by atoms with Crippen LogP contribution in [-0.4, -0.2) is 72.1 Å². The number of carbonyl (C=O) groups is 1. The number of likely N-dealkylation sites (N-methyl/N-ethyl adjacent to an activating group) is 1. The standard InChI is InChI=1S/C21H26N4O3S/c1-4-28-20(26)18-14-29-21-22-17(13-24-11-9-23(2)10-12-24)19(25(18)21)15-5-7-16(27-3)8-6-15/h5-8,14H,4,9-13H2,1-3H3. The summed E-state index contributed by atoms with van der Waals surface area (Å²) in [6.07, 6.45) is 0. The monoisotopic (exact) mass is 414 g/mol. The highest BCUT2D eigenvalue weighted by molar-refractivity contribution is 7.15. The second-order valence-corrected chi connectivity index (χ2v) is 8.01. The summed E-state index contributed by atoms with van der Waals surface area (Å²) < 4.78 is 12.5. The van der Waals surface area contributed by atoms with E-state index in [2.05, 4.69) is 16.8 Å². The van der Waals surface area contributed by atoms with Crippen molar-refractivity contribution in [3.63, 3.8) is 0 Å². The van der Waals surface area contributed by atoms with Crippen molar-refractivity contribution in [3.05, 3.63) is 41.0 Å². The number of esters is 1. The van der Waals surface area contributed by atoms with E-state index < -0.39 is 0 Å². The highest BCUT2D eigenvalue weighted by atomic mass is 32.1. The fourth-order valence-corrected chi connectivity index (χ4v) is 4.50. The van der Waals surface area contributed by atoms with Crippen molar-refractivity contribution in [1.82, 2.24) is 19.2 Å². The molecule has 0 bridgehead atoms. The van der Waals surface area contributed by atoms with Crippen molar-refractivity contribution < 1.29 is 14.3 Å². The van der Waals surface area contributed by atoms with Gasteiger partial charge in [0, 0.05) is 43.7 Å². The van der Waals surface area contributed by atoms with Crippen LogP contribution in [0.1, 0.15) is 23.1 Å². The molecule has 0 N–H and O–H groups in total. The zero-order chi connectivity index (χ0) is 20.4. The molecule has 0 radical (unpaired) electrons. The van der Waals surface area contributed by atoms with Gasteiger partial charge < -0.3 is 14.4 Å². The first-order valence-electron chi connectivity index (χ1n) is 9.82. The van der Waals surface area contributed by atoms with Gasteiger partial charge in [0.1, 0.15) is 11.4 Å². The Kier molecular flexibility index (Phi) is 5.84. The maximum absolute atomic E-state index is 12.5. The number of hydrogen-bond acceptors (Lipinski definition) is 7. The van der Waals surface area contributed by atoms with E-state index in [1.54, 1.807) is 7.11 Å². The van der Waals surface area contributed by atoms with Gasteiger partial charge >= 0.3 is 5.97 Å². The molecule has 1 aliphatic heterocycles. The zero-order valence-electron chi connectivity index (χ0n) is 17.1. The third kappa shape index (κ3) is 4.01. The average molecular weight is 415 g/mol. The van der Waals surface area contributed by atoms with E-state index in [-0.39, 0.29) is 5.97 Å². The molecule has 0 spiro atoms. The number of nitrogens with zero attached hydrogens (tertiary/aromatic N) is 4. The Labute approximate surface area is 174 Å². The number of methoxy groups -OCH3 is 1. The van der Waals surface area contributed by atoms with Crippen LogP contribution in [0.3, 0.4) is 0 Å². The molecule has 154 valence electrons. The van der Waals surface area contributed by atoms with E-state index >= 15 is 0 Å². The minimum Gasteiger partial charge on any atom is -0.497 e. The molecule has 29 heavy (non-hydrogen) atoms. The van der Waals surface area contributed by atoms with Gasteiger partial charge in [0.05, 0.1) is 25.1 Å².